The summed E-state index contributed by atoms with van der Waals surface area (Å²) in [6, 6.07) is 0. The summed E-state index contributed by atoms with van der Waals surface area (Å²) >= 11 is 3.46. The van der Waals surface area contributed by atoms with Gasteiger partial charge in [0.1, 0.15) is 11.6 Å². The van der Waals surface area contributed by atoms with Gasteiger partial charge in [0, 0.05) is 13.0 Å². The Hall–Kier alpha value is -0.380. The van der Waals surface area contributed by atoms with Gasteiger partial charge in [0.05, 0.1) is 5.33 Å². The van der Waals surface area contributed by atoms with Crippen LogP contribution in [0.15, 0.2) is 0 Å². The zero-order valence-electron chi connectivity index (χ0n) is 9.83. The summed E-state index contributed by atoms with van der Waals surface area (Å²) in [5.74, 6) is 2.83. The predicted octanol–water partition coefficient (Wildman–Crippen LogP) is 3.17. The highest BCUT2D eigenvalue weighted by Crippen LogP contribution is 2.11. The maximum absolute atomic E-state index is 4.26. The second kappa shape index (κ2) is 6.26. The fourth-order valence-electron chi connectivity index (χ4n) is 1.57. The van der Waals surface area contributed by atoms with E-state index in [-0.39, 0.29) is 0 Å². The third kappa shape index (κ3) is 3.59. The summed E-state index contributed by atoms with van der Waals surface area (Å²) in [4.78, 5) is 0. The predicted molar refractivity (Wildman–Crippen MR) is 66.1 cm³/mol. The molecule has 1 aromatic heterocycles. The molecule has 3 nitrogen and oxygen atoms in total. The Morgan fingerprint density at radius 2 is 1.93 bits per heavy atom. The standard InChI is InChI=1S/C11H20BrN3/c1-4-5-6-10-13-14-11(7-12)15(10)8-9(2)3/h9H,4-8H2,1-3H3. The average molecular weight is 274 g/mol. The van der Waals surface area contributed by atoms with Crippen LogP contribution in [0.2, 0.25) is 0 Å². The monoisotopic (exact) mass is 273 g/mol. The summed E-state index contributed by atoms with van der Waals surface area (Å²) < 4.78 is 2.26. The summed E-state index contributed by atoms with van der Waals surface area (Å²) in [5, 5.41) is 9.26. The first-order valence-corrected chi connectivity index (χ1v) is 6.78. The number of rotatable bonds is 6. The molecule has 0 aliphatic carbocycles. The Bertz CT molecular complexity index is 294. The highest BCUT2D eigenvalue weighted by molar-refractivity contribution is 9.08. The Balaban J connectivity index is 2.80. The van der Waals surface area contributed by atoms with Crippen molar-refractivity contribution in [1.29, 1.82) is 0 Å². The first kappa shape index (κ1) is 12.7. The summed E-state index contributed by atoms with van der Waals surface area (Å²) in [6.07, 6.45) is 3.44. The van der Waals surface area contributed by atoms with Crippen LogP contribution in [0.1, 0.15) is 45.3 Å². The van der Waals surface area contributed by atoms with Crippen molar-refractivity contribution in [1.82, 2.24) is 14.8 Å². The van der Waals surface area contributed by atoms with Gasteiger partial charge in [-0.25, -0.2) is 0 Å². The van der Waals surface area contributed by atoms with Crippen LogP contribution in [-0.4, -0.2) is 14.8 Å². The van der Waals surface area contributed by atoms with E-state index in [0.717, 1.165) is 29.9 Å². The number of unbranched alkanes of at least 4 members (excludes halogenated alkanes) is 1. The molecule has 15 heavy (non-hydrogen) atoms. The van der Waals surface area contributed by atoms with Gasteiger partial charge in [-0.3, -0.25) is 0 Å². The second-order valence-electron chi connectivity index (χ2n) is 4.27. The lowest BCUT2D eigenvalue weighted by molar-refractivity contribution is 0.494. The quantitative estimate of drug-likeness (QED) is 0.746. The summed E-state index contributed by atoms with van der Waals surface area (Å²) in [5.41, 5.74) is 0. The Morgan fingerprint density at radius 3 is 2.47 bits per heavy atom. The molecule has 1 aromatic rings. The van der Waals surface area contributed by atoms with Gasteiger partial charge in [-0.05, 0) is 12.3 Å². The number of halogens is 1. The van der Waals surface area contributed by atoms with Gasteiger partial charge in [0.25, 0.3) is 0 Å². The smallest absolute Gasteiger partial charge is 0.143 e. The maximum Gasteiger partial charge on any atom is 0.143 e. The van der Waals surface area contributed by atoms with Crippen molar-refractivity contribution < 1.29 is 0 Å². The first-order chi connectivity index (χ1) is 7.19. The molecular formula is C11H20BrN3. The lowest BCUT2D eigenvalue weighted by Crippen LogP contribution is -2.11. The molecule has 1 rings (SSSR count). The third-order valence-electron chi connectivity index (χ3n) is 2.33. The van der Waals surface area contributed by atoms with E-state index in [1.165, 1.54) is 12.8 Å². The van der Waals surface area contributed by atoms with Gasteiger partial charge in [0.2, 0.25) is 0 Å². The number of aryl methyl sites for hydroxylation is 1. The number of aromatic nitrogens is 3. The van der Waals surface area contributed by atoms with Gasteiger partial charge in [-0.2, -0.15) is 0 Å². The van der Waals surface area contributed by atoms with Crippen molar-refractivity contribution in [3.63, 3.8) is 0 Å². The van der Waals surface area contributed by atoms with Crippen LogP contribution in [0.3, 0.4) is 0 Å². The van der Waals surface area contributed by atoms with E-state index in [4.69, 9.17) is 0 Å². The van der Waals surface area contributed by atoms with E-state index in [1.54, 1.807) is 0 Å². The molecule has 0 radical (unpaired) electrons. The molecule has 86 valence electrons. The van der Waals surface area contributed by atoms with Crippen LogP contribution in [0.5, 0.6) is 0 Å². The lowest BCUT2D eigenvalue weighted by atomic mass is 10.2. The molecular weight excluding hydrogens is 254 g/mol. The molecule has 4 heteroatoms. The fourth-order valence-corrected chi connectivity index (χ4v) is 1.98. The van der Waals surface area contributed by atoms with Crippen molar-refractivity contribution in [2.45, 2.75) is 51.9 Å². The molecule has 0 aromatic carbocycles. The van der Waals surface area contributed by atoms with E-state index in [0.29, 0.717) is 5.92 Å². The van der Waals surface area contributed by atoms with Crippen LogP contribution in [0, 0.1) is 5.92 Å². The molecule has 0 saturated carbocycles. The molecule has 1 heterocycles. The molecule has 0 atom stereocenters. The van der Waals surface area contributed by atoms with E-state index in [2.05, 4.69) is 51.5 Å². The van der Waals surface area contributed by atoms with Gasteiger partial charge in [-0.15, -0.1) is 10.2 Å². The van der Waals surface area contributed by atoms with E-state index >= 15 is 0 Å². The van der Waals surface area contributed by atoms with Crippen LogP contribution in [0.25, 0.3) is 0 Å². The van der Waals surface area contributed by atoms with Crippen molar-refractivity contribution >= 4 is 15.9 Å². The highest BCUT2D eigenvalue weighted by Gasteiger charge is 2.11. The van der Waals surface area contributed by atoms with Crippen molar-refractivity contribution in [2.24, 2.45) is 5.92 Å². The number of hydrogen-bond donors (Lipinski definition) is 0. The van der Waals surface area contributed by atoms with Crippen LogP contribution < -0.4 is 0 Å². The topological polar surface area (TPSA) is 30.7 Å². The van der Waals surface area contributed by atoms with Crippen LogP contribution in [-0.2, 0) is 18.3 Å². The van der Waals surface area contributed by atoms with Crippen molar-refractivity contribution in [3.05, 3.63) is 11.6 Å². The molecule has 0 aliphatic heterocycles. The minimum absolute atomic E-state index is 0.638. The lowest BCUT2D eigenvalue weighted by Gasteiger charge is -2.11. The molecule has 0 saturated heterocycles. The van der Waals surface area contributed by atoms with Gasteiger partial charge in [0.15, 0.2) is 0 Å². The van der Waals surface area contributed by atoms with Gasteiger partial charge < -0.3 is 4.57 Å². The molecule has 0 bridgehead atoms. The average Bonchev–Trinajstić information content (AvgIpc) is 2.57. The number of alkyl halides is 1. The Labute approximate surface area is 100 Å². The largest absolute Gasteiger partial charge is 0.314 e. The molecule has 0 N–H and O–H groups in total. The van der Waals surface area contributed by atoms with E-state index in [1.807, 2.05) is 0 Å². The van der Waals surface area contributed by atoms with E-state index in [9.17, 15) is 0 Å². The highest BCUT2D eigenvalue weighted by atomic mass is 79.9. The second-order valence-corrected chi connectivity index (χ2v) is 4.83. The summed E-state index contributed by atoms with van der Waals surface area (Å²) in [6.45, 7) is 7.67. The first-order valence-electron chi connectivity index (χ1n) is 5.66. The molecule has 0 amide bonds. The minimum Gasteiger partial charge on any atom is -0.314 e. The SMILES string of the molecule is CCCCc1nnc(CBr)n1CC(C)C. The normalized spacial score (nSPS) is 11.3. The zero-order valence-corrected chi connectivity index (χ0v) is 11.4. The zero-order chi connectivity index (χ0) is 11.3. The Kier molecular flexibility index (Phi) is 5.29. The third-order valence-corrected chi connectivity index (χ3v) is 2.83. The molecule has 0 aliphatic rings. The van der Waals surface area contributed by atoms with Gasteiger partial charge >= 0.3 is 0 Å². The molecule has 0 fully saturated rings. The van der Waals surface area contributed by atoms with Crippen molar-refractivity contribution in [3.8, 4) is 0 Å². The number of hydrogen-bond acceptors (Lipinski definition) is 2. The molecule has 0 spiro atoms. The number of nitrogens with zero attached hydrogens (tertiary/aromatic N) is 3. The minimum atomic E-state index is 0.638. The maximum atomic E-state index is 4.26. The Morgan fingerprint density at radius 1 is 1.27 bits per heavy atom. The van der Waals surface area contributed by atoms with E-state index < -0.39 is 0 Å². The van der Waals surface area contributed by atoms with Crippen LogP contribution >= 0.6 is 15.9 Å². The summed E-state index contributed by atoms with van der Waals surface area (Å²) in [7, 11) is 0. The van der Waals surface area contributed by atoms with Crippen LogP contribution in [0.4, 0.5) is 0 Å². The van der Waals surface area contributed by atoms with Crippen molar-refractivity contribution in [2.75, 3.05) is 0 Å². The fraction of sp³-hybridized carbons (Fsp3) is 0.818. The molecule has 0 unspecified atom stereocenters. The van der Waals surface area contributed by atoms with Gasteiger partial charge in [-0.1, -0.05) is 43.1 Å².